The molecule has 0 fully saturated rings. The van der Waals surface area contributed by atoms with Gasteiger partial charge in [-0.3, -0.25) is 0 Å². The first-order valence-corrected chi connectivity index (χ1v) is 6.63. The Bertz CT molecular complexity index is 598. The van der Waals surface area contributed by atoms with Gasteiger partial charge in [-0.25, -0.2) is 14.2 Å². The van der Waals surface area contributed by atoms with Gasteiger partial charge in [0.15, 0.2) is 5.69 Å². The Morgan fingerprint density at radius 3 is 3.00 bits per heavy atom. The van der Waals surface area contributed by atoms with Crippen LogP contribution in [-0.2, 0) is 4.74 Å². The van der Waals surface area contributed by atoms with E-state index in [1.807, 2.05) is 0 Å². The van der Waals surface area contributed by atoms with Crippen LogP contribution in [0.5, 0.6) is 0 Å². The highest BCUT2D eigenvalue weighted by atomic mass is 32.1. The van der Waals surface area contributed by atoms with Crippen LogP contribution in [0.25, 0.3) is 0 Å². The van der Waals surface area contributed by atoms with E-state index in [-0.39, 0.29) is 18.1 Å². The highest BCUT2D eigenvalue weighted by Crippen LogP contribution is 2.26. The number of nitrogens with one attached hydrogen (secondary N) is 1. The Kier molecular flexibility index (Phi) is 4.11. The van der Waals surface area contributed by atoms with Crippen LogP contribution in [0.15, 0.2) is 23.7 Å². The third-order valence-corrected chi connectivity index (χ3v) is 3.21. The first kappa shape index (κ1) is 13.5. The summed E-state index contributed by atoms with van der Waals surface area (Å²) in [6.07, 6.45) is 0. The van der Waals surface area contributed by atoms with E-state index < -0.39 is 5.97 Å². The molecule has 0 amide bonds. The van der Waals surface area contributed by atoms with Crippen molar-refractivity contribution >= 4 is 28.0 Å². The van der Waals surface area contributed by atoms with Crippen molar-refractivity contribution in [3.8, 4) is 0 Å². The van der Waals surface area contributed by atoms with Gasteiger partial charge in [-0.15, -0.1) is 11.3 Å². The standard InChI is InChI=1S/C13H13FN2O2S/c1-3-18-13(17)11-12(19-7-15-11)16-9-5-4-8(2)10(14)6-9/h4-7,16H,3H2,1-2H3. The molecule has 1 aromatic heterocycles. The number of esters is 1. The number of hydrogen-bond acceptors (Lipinski definition) is 5. The summed E-state index contributed by atoms with van der Waals surface area (Å²) in [5.74, 6) is -0.786. The Balaban J connectivity index is 2.21. The van der Waals surface area contributed by atoms with Crippen molar-refractivity contribution in [1.29, 1.82) is 0 Å². The summed E-state index contributed by atoms with van der Waals surface area (Å²) in [5, 5.41) is 3.52. The largest absolute Gasteiger partial charge is 0.461 e. The van der Waals surface area contributed by atoms with Crippen molar-refractivity contribution in [3.63, 3.8) is 0 Å². The van der Waals surface area contributed by atoms with Crippen LogP contribution in [0.3, 0.4) is 0 Å². The second-order valence-corrected chi connectivity index (χ2v) is 4.69. The molecule has 100 valence electrons. The lowest BCUT2D eigenvalue weighted by molar-refractivity contribution is 0.0521. The predicted molar refractivity (Wildman–Crippen MR) is 72.5 cm³/mol. The molecule has 0 saturated heterocycles. The number of ether oxygens (including phenoxy) is 1. The molecule has 0 spiro atoms. The van der Waals surface area contributed by atoms with Gasteiger partial charge < -0.3 is 10.1 Å². The minimum absolute atomic E-state index is 0.216. The number of halogens is 1. The van der Waals surface area contributed by atoms with Gasteiger partial charge in [0.25, 0.3) is 0 Å². The SMILES string of the molecule is CCOC(=O)c1ncsc1Nc1ccc(C)c(F)c1. The highest BCUT2D eigenvalue weighted by molar-refractivity contribution is 7.14. The highest BCUT2D eigenvalue weighted by Gasteiger charge is 2.16. The van der Waals surface area contributed by atoms with Gasteiger partial charge in [0.1, 0.15) is 10.8 Å². The second kappa shape index (κ2) is 5.79. The molecule has 4 nitrogen and oxygen atoms in total. The van der Waals surface area contributed by atoms with Crippen LogP contribution in [0.4, 0.5) is 15.1 Å². The van der Waals surface area contributed by atoms with Crippen LogP contribution in [-0.4, -0.2) is 17.6 Å². The number of hydrogen-bond donors (Lipinski definition) is 1. The van der Waals surface area contributed by atoms with Crippen molar-refractivity contribution in [3.05, 3.63) is 40.8 Å². The number of aryl methyl sites for hydroxylation is 1. The molecule has 1 aromatic carbocycles. The first-order valence-electron chi connectivity index (χ1n) is 5.75. The summed E-state index contributed by atoms with van der Waals surface area (Å²) in [7, 11) is 0. The average molecular weight is 280 g/mol. The van der Waals surface area contributed by atoms with Crippen molar-refractivity contribution in [2.24, 2.45) is 0 Å². The van der Waals surface area contributed by atoms with E-state index in [1.54, 1.807) is 31.5 Å². The van der Waals surface area contributed by atoms with Gasteiger partial charge in [-0.2, -0.15) is 0 Å². The molecule has 0 aliphatic carbocycles. The number of aromatic nitrogens is 1. The summed E-state index contributed by atoms with van der Waals surface area (Å²) in [6, 6.07) is 4.79. The number of rotatable bonds is 4. The molecule has 0 aliphatic rings. The monoisotopic (exact) mass is 280 g/mol. The van der Waals surface area contributed by atoms with E-state index in [0.717, 1.165) is 0 Å². The van der Waals surface area contributed by atoms with Crippen LogP contribution in [0.2, 0.25) is 0 Å². The van der Waals surface area contributed by atoms with Gasteiger partial charge in [0, 0.05) is 5.69 Å². The van der Waals surface area contributed by atoms with Crippen molar-refractivity contribution < 1.29 is 13.9 Å². The fourth-order valence-electron chi connectivity index (χ4n) is 1.48. The molecule has 1 heterocycles. The van der Waals surface area contributed by atoms with Gasteiger partial charge in [-0.1, -0.05) is 6.07 Å². The summed E-state index contributed by atoms with van der Waals surface area (Å²) in [4.78, 5) is 15.6. The van der Waals surface area contributed by atoms with E-state index >= 15 is 0 Å². The number of benzene rings is 1. The van der Waals surface area contributed by atoms with Gasteiger partial charge >= 0.3 is 5.97 Å². The Morgan fingerprint density at radius 2 is 2.32 bits per heavy atom. The fraction of sp³-hybridized carbons (Fsp3) is 0.231. The Morgan fingerprint density at radius 1 is 1.53 bits per heavy atom. The average Bonchev–Trinajstić information content (AvgIpc) is 2.82. The molecule has 19 heavy (non-hydrogen) atoms. The maximum atomic E-state index is 13.4. The lowest BCUT2D eigenvalue weighted by Gasteiger charge is -2.07. The summed E-state index contributed by atoms with van der Waals surface area (Å²) >= 11 is 1.26. The minimum atomic E-state index is -0.487. The minimum Gasteiger partial charge on any atom is -0.461 e. The number of carbonyl (C=O) groups is 1. The summed E-state index contributed by atoms with van der Waals surface area (Å²) in [5.41, 5.74) is 2.89. The summed E-state index contributed by atoms with van der Waals surface area (Å²) in [6.45, 7) is 3.71. The van der Waals surface area contributed by atoms with E-state index in [9.17, 15) is 9.18 Å². The molecule has 0 radical (unpaired) electrons. The van der Waals surface area contributed by atoms with Crippen LogP contribution >= 0.6 is 11.3 Å². The van der Waals surface area contributed by atoms with E-state index in [0.29, 0.717) is 16.3 Å². The maximum Gasteiger partial charge on any atom is 0.360 e. The van der Waals surface area contributed by atoms with Crippen molar-refractivity contribution in [1.82, 2.24) is 4.98 Å². The van der Waals surface area contributed by atoms with Crippen LogP contribution in [0, 0.1) is 12.7 Å². The van der Waals surface area contributed by atoms with E-state index in [1.165, 1.54) is 17.4 Å². The first-order chi connectivity index (χ1) is 9.11. The number of carbonyl (C=O) groups excluding carboxylic acids is 1. The topological polar surface area (TPSA) is 51.2 Å². The van der Waals surface area contributed by atoms with E-state index in [2.05, 4.69) is 10.3 Å². The smallest absolute Gasteiger partial charge is 0.360 e. The number of nitrogens with zero attached hydrogens (tertiary/aromatic N) is 1. The quantitative estimate of drug-likeness (QED) is 0.871. The molecule has 0 atom stereocenters. The molecular weight excluding hydrogens is 267 g/mol. The molecule has 0 saturated carbocycles. The van der Waals surface area contributed by atoms with Crippen molar-refractivity contribution in [2.75, 3.05) is 11.9 Å². The Labute approximate surface area is 114 Å². The summed E-state index contributed by atoms with van der Waals surface area (Å²) < 4.78 is 18.3. The molecule has 1 N–H and O–H groups in total. The van der Waals surface area contributed by atoms with E-state index in [4.69, 9.17) is 4.74 Å². The van der Waals surface area contributed by atoms with Gasteiger partial charge in [0.2, 0.25) is 0 Å². The molecule has 0 aliphatic heterocycles. The third-order valence-electron chi connectivity index (χ3n) is 2.47. The number of anilines is 2. The molecule has 6 heteroatoms. The second-order valence-electron chi connectivity index (χ2n) is 3.84. The third kappa shape index (κ3) is 3.08. The molecule has 2 rings (SSSR count). The normalized spacial score (nSPS) is 10.3. The van der Waals surface area contributed by atoms with Gasteiger partial charge in [0.05, 0.1) is 12.1 Å². The zero-order valence-electron chi connectivity index (χ0n) is 10.6. The fourth-order valence-corrected chi connectivity index (χ4v) is 2.17. The van der Waals surface area contributed by atoms with Crippen molar-refractivity contribution in [2.45, 2.75) is 13.8 Å². The van der Waals surface area contributed by atoms with Gasteiger partial charge in [-0.05, 0) is 31.5 Å². The lowest BCUT2D eigenvalue weighted by atomic mass is 10.2. The predicted octanol–water partition coefficient (Wildman–Crippen LogP) is 3.51. The maximum absolute atomic E-state index is 13.4. The van der Waals surface area contributed by atoms with Crippen LogP contribution < -0.4 is 5.32 Å². The molecule has 2 aromatic rings. The molecular formula is C13H13FN2O2S. The zero-order chi connectivity index (χ0) is 13.8. The molecule has 0 unspecified atom stereocenters. The number of thiazole rings is 1. The lowest BCUT2D eigenvalue weighted by Crippen LogP contribution is -2.07. The zero-order valence-corrected chi connectivity index (χ0v) is 11.4. The molecule has 0 bridgehead atoms. The van der Waals surface area contributed by atoms with Crippen LogP contribution in [0.1, 0.15) is 23.0 Å². The Hall–Kier alpha value is -1.95.